The highest BCUT2D eigenvalue weighted by molar-refractivity contribution is 6.30. The molecule has 0 atom stereocenters. The Hall–Kier alpha value is -1.45. The van der Waals surface area contributed by atoms with Gasteiger partial charge in [-0.05, 0) is 30.6 Å². The zero-order chi connectivity index (χ0) is 12.8. The van der Waals surface area contributed by atoms with Crippen molar-refractivity contribution in [2.75, 3.05) is 13.2 Å². The summed E-state index contributed by atoms with van der Waals surface area (Å²) in [4.78, 5) is 0. The zero-order valence-corrected chi connectivity index (χ0v) is 10.9. The van der Waals surface area contributed by atoms with Gasteiger partial charge >= 0.3 is 0 Å². The molecule has 3 nitrogen and oxygen atoms in total. The molecule has 0 aliphatic heterocycles. The van der Waals surface area contributed by atoms with E-state index in [2.05, 4.69) is 11.9 Å². The number of hydrogen-bond donors (Lipinski definition) is 1. The van der Waals surface area contributed by atoms with Crippen molar-refractivity contribution in [3.05, 3.63) is 47.9 Å². The number of benzene rings is 1. The summed E-state index contributed by atoms with van der Waals surface area (Å²) in [5.74, 6) is 0. The van der Waals surface area contributed by atoms with Crippen molar-refractivity contribution in [3.8, 4) is 0 Å². The summed E-state index contributed by atoms with van der Waals surface area (Å²) in [6.45, 7) is 5.73. The molecule has 2 rings (SSSR count). The predicted octanol–water partition coefficient (Wildman–Crippen LogP) is 3.73. The smallest absolute Gasteiger partial charge is 0.199 e. The fourth-order valence-electron chi connectivity index (χ4n) is 1.81. The van der Waals surface area contributed by atoms with Crippen LogP contribution in [0.25, 0.3) is 11.0 Å². The molecule has 0 bridgehead atoms. The molecule has 0 amide bonds. The lowest BCUT2D eigenvalue weighted by atomic mass is 10.2. The van der Waals surface area contributed by atoms with E-state index in [0.29, 0.717) is 18.4 Å². The number of rotatable bonds is 7. The molecule has 0 unspecified atom stereocenters. The number of hydrogen-bond acceptors (Lipinski definition) is 3. The maximum absolute atomic E-state index is 6.09. The Balaban J connectivity index is 1.91. The molecule has 1 heterocycles. The van der Waals surface area contributed by atoms with E-state index in [-0.39, 0.29) is 0 Å². The van der Waals surface area contributed by atoms with Crippen LogP contribution in [0.2, 0.25) is 5.22 Å². The molecule has 1 aromatic carbocycles. The van der Waals surface area contributed by atoms with Gasteiger partial charge in [-0.2, -0.15) is 0 Å². The Morgan fingerprint density at radius 2 is 2.22 bits per heavy atom. The normalized spacial score (nSPS) is 10.7. The largest absolute Gasteiger partial charge is 0.502 e. The average molecular weight is 266 g/mol. The minimum absolute atomic E-state index is 0.464. The van der Waals surface area contributed by atoms with Crippen LogP contribution in [0.15, 0.2) is 41.5 Å². The summed E-state index contributed by atoms with van der Waals surface area (Å²) in [5.41, 5.74) is 1.84. The lowest BCUT2D eigenvalue weighted by Crippen LogP contribution is -2.15. The quantitative estimate of drug-likeness (QED) is 0.612. The first-order valence-corrected chi connectivity index (χ1v) is 6.30. The van der Waals surface area contributed by atoms with Gasteiger partial charge in [0.15, 0.2) is 5.22 Å². The third-order valence-electron chi connectivity index (χ3n) is 2.68. The Labute approximate surface area is 111 Å². The molecule has 1 N–H and O–H groups in total. The van der Waals surface area contributed by atoms with Gasteiger partial charge in [0, 0.05) is 17.5 Å². The number of halogens is 1. The van der Waals surface area contributed by atoms with Gasteiger partial charge in [-0.25, -0.2) is 0 Å². The van der Waals surface area contributed by atoms with Crippen LogP contribution < -0.4 is 5.32 Å². The molecule has 0 aliphatic rings. The molecule has 1 aromatic heterocycles. The van der Waals surface area contributed by atoms with Crippen LogP contribution in [0.5, 0.6) is 0 Å². The fourth-order valence-corrected chi connectivity index (χ4v) is 2.06. The van der Waals surface area contributed by atoms with E-state index in [1.54, 1.807) is 0 Å². The van der Waals surface area contributed by atoms with Crippen LogP contribution in [-0.2, 0) is 11.3 Å². The standard InChI is InChI=1S/C14H16ClNO2/c1-2-17-9-5-8-16-10-12-11-6-3-4-7-13(11)18-14(12)15/h2-4,6-7,16H,1,5,8-10H2. The summed E-state index contributed by atoms with van der Waals surface area (Å²) in [7, 11) is 0. The third kappa shape index (κ3) is 3.06. The molecular weight excluding hydrogens is 250 g/mol. The highest BCUT2D eigenvalue weighted by Crippen LogP contribution is 2.29. The van der Waals surface area contributed by atoms with E-state index < -0.39 is 0 Å². The van der Waals surface area contributed by atoms with Crippen molar-refractivity contribution in [3.63, 3.8) is 0 Å². The average Bonchev–Trinajstić information content (AvgIpc) is 2.70. The summed E-state index contributed by atoms with van der Waals surface area (Å²) >= 11 is 6.09. The van der Waals surface area contributed by atoms with E-state index in [1.807, 2.05) is 24.3 Å². The number of fused-ring (bicyclic) bond motifs is 1. The van der Waals surface area contributed by atoms with Crippen molar-refractivity contribution in [2.45, 2.75) is 13.0 Å². The lowest BCUT2D eigenvalue weighted by Gasteiger charge is -2.04. The van der Waals surface area contributed by atoms with Gasteiger partial charge in [-0.3, -0.25) is 0 Å². The maximum atomic E-state index is 6.09. The van der Waals surface area contributed by atoms with E-state index in [9.17, 15) is 0 Å². The molecular formula is C14H16ClNO2. The van der Waals surface area contributed by atoms with E-state index in [0.717, 1.165) is 29.5 Å². The first kappa shape index (κ1) is 13.0. The van der Waals surface area contributed by atoms with Crippen molar-refractivity contribution in [1.82, 2.24) is 5.32 Å². The van der Waals surface area contributed by atoms with Crippen LogP contribution in [-0.4, -0.2) is 13.2 Å². The van der Waals surface area contributed by atoms with Crippen LogP contribution >= 0.6 is 11.6 Å². The van der Waals surface area contributed by atoms with Crippen LogP contribution in [0.3, 0.4) is 0 Å². The first-order chi connectivity index (χ1) is 8.83. The molecule has 96 valence electrons. The van der Waals surface area contributed by atoms with Gasteiger partial charge < -0.3 is 14.5 Å². The molecule has 0 saturated carbocycles. The molecule has 2 aromatic rings. The van der Waals surface area contributed by atoms with Gasteiger partial charge in [0.2, 0.25) is 0 Å². The first-order valence-electron chi connectivity index (χ1n) is 5.92. The molecule has 0 saturated heterocycles. The van der Waals surface area contributed by atoms with Crippen molar-refractivity contribution >= 4 is 22.6 Å². The van der Waals surface area contributed by atoms with Gasteiger partial charge in [0.25, 0.3) is 0 Å². The third-order valence-corrected chi connectivity index (χ3v) is 2.99. The SMILES string of the molecule is C=COCCCNCc1c(Cl)oc2ccccc12. The van der Waals surface area contributed by atoms with E-state index in [1.165, 1.54) is 6.26 Å². The number of nitrogens with one attached hydrogen (secondary N) is 1. The van der Waals surface area contributed by atoms with Crippen molar-refractivity contribution in [2.24, 2.45) is 0 Å². The van der Waals surface area contributed by atoms with Crippen molar-refractivity contribution < 1.29 is 9.15 Å². The van der Waals surface area contributed by atoms with Gasteiger partial charge in [0.05, 0.1) is 12.9 Å². The molecule has 0 aliphatic carbocycles. The van der Waals surface area contributed by atoms with Crippen LogP contribution in [0.4, 0.5) is 0 Å². The monoisotopic (exact) mass is 265 g/mol. The van der Waals surface area contributed by atoms with Crippen LogP contribution in [0.1, 0.15) is 12.0 Å². The highest BCUT2D eigenvalue weighted by atomic mass is 35.5. The Morgan fingerprint density at radius 1 is 1.39 bits per heavy atom. The Bertz CT molecular complexity index is 521. The molecule has 18 heavy (non-hydrogen) atoms. The second-order valence-electron chi connectivity index (χ2n) is 3.92. The van der Waals surface area contributed by atoms with Crippen molar-refractivity contribution in [1.29, 1.82) is 0 Å². The number of furan rings is 1. The maximum Gasteiger partial charge on any atom is 0.199 e. The molecule has 0 spiro atoms. The van der Waals surface area contributed by atoms with E-state index in [4.69, 9.17) is 20.8 Å². The molecule has 0 fully saturated rings. The highest BCUT2D eigenvalue weighted by Gasteiger charge is 2.10. The van der Waals surface area contributed by atoms with Gasteiger partial charge in [-0.15, -0.1) is 0 Å². The molecule has 0 radical (unpaired) electrons. The fraction of sp³-hybridized carbons (Fsp3) is 0.286. The zero-order valence-electron chi connectivity index (χ0n) is 10.1. The summed E-state index contributed by atoms with van der Waals surface area (Å²) in [6.07, 6.45) is 2.39. The number of ether oxygens (including phenoxy) is 1. The molecule has 4 heteroatoms. The summed E-state index contributed by atoms with van der Waals surface area (Å²) in [6, 6.07) is 7.85. The minimum Gasteiger partial charge on any atom is -0.502 e. The van der Waals surface area contributed by atoms with Gasteiger partial charge in [0.1, 0.15) is 5.58 Å². The van der Waals surface area contributed by atoms with E-state index >= 15 is 0 Å². The second-order valence-corrected chi connectivity index (χ2v) is 4.26. The number of para-hydroxylation sites is 1. The topological polar surface area (TPSA) is 34.4 Å². The summed E-state index contributed by atoms with van der Waals surface area (Å²) < 4.78 is 10.5. The Kier molecular flexibility index (Phi) is 4.67. The summed E-state index contributed by atoms with van der Waals surface area (Å²) in [5, 5.41) is 4.85. The van der Waals surface area contributed by atoms with Crippen LogP contribution in [0, 0.1) is 0 Å². The predicted molar refractivity (Wildman–Crippen MR) is 73.7 cm³/mol. The lowest BCUT2D eigenvalue weighted by molar-refractivity contribution is 0.244. The minimum atomic E-state index is 0.464. The second kappa shape index (κ2) is 6.47. The van der Waals surface area contributed by atoms with Gasteiger partial charge in [-0.1, -0.05) is 24.8 Å². The Morgan fingerprint density at radius 3 is 3.06 bits per heavy atom.